The third kappa shape index (κ3) is 6.94. The average molecular weight is 145 g/mol. The number of nitrogens with two attached hydrogens (primary N) is 1. The Hall–Kier alpha value is -1.06. The van der Waals surface area contributed by atoms with E-state index in [9.17, 15) is 4.79 Å². The molecule has 0 heterocycles. The molecule has 1 rings (SSSR count). The molecule has 0 aliphatic heterocycles. The number of primary amides is 1. The van der Waals surface area contributed by atoms with Crippen molar-refractivity contribution in [2.75, 3.05) is 0 Å². The summed E-state index contributed by atoms with van der Waals surface area (Å²) in [4.78, 5) is 19.0. The Labute approximate surface area is 59.0 Å². The van der Waals surface area contributed by atoms with Gasteiger partial charge in [0.05, 0.1) is 0 Å². The Morgan fingerprint density at radius 1 is 1.40 bits per heavy atom. The van der Waals surface area contributed by atoms with Gasteiger partial charge in [0.1, 0.15) is 5.78 Å². The van der Waals surface area contributed by atoms with Gasteiger partial charge in [-0.3, -0.25) is 4.79 Å². The van der Waals surface area contributed by atoms with Crippen LogP contribution in [-0.4, -0.2) is 17.0 Å². The molecule has 0 atom stereocenters. The summed E-state index contributed by atoms with van der Waals surface area (Å²) in [5.74, 6) is 0.454. The first-order valence-electron chi connectivity index (χ1n) is 3.13. The van der Waals surface area contributed by atoms with Crippen molar-refractivity contribution < 1.29 is 14.7 Å². The van der Waals surface area contributed by atoms with Crippen LogP contribution in [0.5, 0.6) is 0 Å². The first kappa shape index (κ1) is 8.94. The number of carboxylic acid groups (broad SMARTS) is 1. The number of amides is 1. The van der Waals surface area contributed by atoms with Gasteiger partial charge in [0, 0.05) is 12.8 Å². The molecule has 1 aliphatic rings. The first-order chi connectivity index (χ1) is 4.63. The molecule has 0 radical (unpaired) electrons. The van der Waals surface area contributed by atoms with Crippen molar-refractivity contribution in [3.63, 3.8) is 0 Å². The molecule has 1 aliphatic carbocycles. The lowest BCUT2D eigenvalue weighted by Gasteiger charge is -1.71. The van der Waals surface area contributed by atoms with E-state index in [1.165, 1.54) is 0 Å². The number of hydrogen-bond donors (Lipinski definition) is 2. The van der Waals surface area contributed by atoms with Crippen molar-refractivity contribution in [1.29, 1.82) is 0 Å². The molecule has 1 saturated carbocycles. The minimum atomic E-state index is -1.33. The Kier molecular flexibility index (Phi) is 4.28. The number of Topliss-reactive ketones (excluding diaryl/α,β-unsaturated/α-hetero) is 1. The molecule has 1 amide bonds. The zero-order valence-electron chi connectivity index (χ0n) is 5.67. The van der Waals surface area contributed by atoms with E-state index in [4.69, 9.17) is 9.90 Å². The van der Waals surface area contributed by atoms with Crippen LogP contribution in [-0.2, 0) is 4.79 Å². The predicted octanol–water partition coefficient (Wildman–Crippen LogP) is 0.753. The molecular formula is C6H11NO3. The van der Waals surface area contributed by atoms with E-state index in [2.05, 4.69) is 5.73 Å². The lowest BCUT2D eigenvalue weighted by atomic mass is 10.4. The molecule has 0 aromatic heterocycles. The van der Waals surface area contributed by atoms with Crippen molar-refractivity contribution >= 4 is 11.9 Å². The summed E-state index contributed by atoms with van der Waals surface area (Å²) in [5, 5.41) is 7.19. The van der Waals surface area contributed by atoms with Gasteiger partial charge in [-0.1, -0.05) is 0 Å². The number of hydrogen-bond acceptors (Lipinski definition) is 2. The van der Waals surface area contributed by atoms with Gasteiger partial charge in [-0.05, 0) is 12.8 Å². The van der Waals surface area contributed by atoms with E-state index in [0.717, 1.165) is 25.7 Å². The molecule has 3 N–H and O–H groups in total. The molecule has 4 heteroatoms. The van der Waals surface area contributed by atoms with Crippen molar-refractivity contribution in [2.24, 2.45) is 5.73 Å². The van der Waals surface area contributed by atoms with Gasteiger partial charge in [0.25, 0.3) is 0 Å². The SMILES string of the molecule is NC(=O)O.O=C1CCCC1. The van der Waals surface area contributed by atoms with Crippen molar-refractivity contribution in [3.05, 3.63) is 0 Å². The molecule has 1 fully saturated rings. The summed E-state index contributed by atoms with van der Waals surface area (Å²) in [6.45, 7) is 0. The van der Waals surface area contributed by atoms with Crippen molar-refractivity contribution in [1.82, 2.24) is 0 Å². The number of carbonyl (C=O) groups is 2. The van der Waals surface area contributed by atoms with Crippen LogP contribution in [0.4, 0.5) is 4.79 Å². The maximum absolute atomic E-state index is 10.2. The highest BCUT2D eigenvalue weighted by Crippen LogP contribution is 2.11. The normalized spacial score (nSPS) is 15.8. The second-order valence-corrected chi connectivity index (χ2v) is 2.08. The third-order valence-corrected chi connectivity index (χ3v) is 1.16. The zero-order valence-corrected chi connectivity index (χ0v) is 5.67. The van der Waals surface area contributed by atoms with Crippen LogP contribution < -0.4 is 5.73 Å². The maximum atomic E-state index is 10.2. The lowest BCUT2D eigenvalue weighted by Crippen LogP contribution is -2.03. The van der Waals surface area contributed by atoms with Crippen LogP contribution in [0.3, 0.4) is 0 Å². The third-order valence-electron chi connectivity index (χ3n) is 1.16. The van der Waals surface area contributed by atoms with Gasteiger partial charge in [-0.2, -0.15) is 0 Å². The van der Waals surface area contributed by atoms with Gasteiger partial charge >= 0.3 is 6.09 Å². The summed E-state index contributed by atoms with van der Waals surface area (Å²) in [5.41, 5.74) is 4.03. The molecule has 10 heavy (non-hydrogen) atoms. The largest absolute Gasteiger partial charge is 0.465 e. The van der Waals surface area contributed by atoms with Gasteiger partial charge in [-0.15, -0.1) is 0 Å². The average Bonchev–Trinajstić information content (AvgIpc) is 2.15. The standard InChI is InChI=1S/C5H8O.CH3NO2/c6-5-3-1-2-4-5;2-1(3)4/h1-4H2;2H2,(H,3,4). The van der Waals surface area contributed by atoms with Crippen LogP contribution in [0.2, 0.25) is 0 Å². The van der Waals surface area contributed by atoms with E-state index in [-0.39, 0.29) is 0 Å². The molecular weight excluding hydrogens is 134 g/mol. The quantitative estimate of drug-likeness (QED) is 0.527. The molecule has 0 aromatic rings. The monoisotopic (exact) mass is 145 g/mol. The van der Waals surface area contributed by atoms with Crippen LogP contribution in [0.15, 0.2) is 0 Å². The Bertz CT molecular complexity index is 121. The summed E-state index contributed by atoms with van der Waals surface area (Å²) < 4.78 is 0. The lowest BCUT2D eigenvalue weighted by molar-refractivity contribution is -0.117. The molecule has 0 unspecified atom stereocenters. The molecule has 0 bridgehead atoms. The summed E-state index contributed by atoms with van der Waals surface area (Å²) in [6.07, 6.45) is 2.64. The van der Waals surface area contributed by atoms with Gasteiger partial charge in [0.15, 0.2) is 0 Å². The van der Waals surface area contributed by atoms with Gasteiger partial charge < -0.3 is 10.8 Å². The fraction of sp³-hybridized carbons (Fsp3) is 0.667. The minimum Gasteiger partial charge on any atom is -0.465 e. The second kappa shape index (κ2) is 4.78. The van der Waals surface area contributed by atoms with Crippen molar-refractivity contribution in [3.8, 4) is 0 Å². The summed E-state index contributed by atoms with van der Waals surface area (Å²) in [6, 6.07) is 0. The van der Waals surface area contributed by atoms with Crippen LogP contribution in [0, 0.1) is 0 Å². The van der Waals surface area contributed by atoms with E-state index < -0.39 is 6.09 Å². The van der Waals surface area contributed by atoms with Crippen molar-refractivity contribution in [2.45, 2.75) is 25.7 Å². The van der Waals surface area contributed by atoms with E-state index in [1.54, 1.807) is 0 Å². The smallest absolute Gasteiger partial charge is 0.402 e. The Morgan fingerprint density at radius 2 is 1.70 bits per heavy atom. The Morgan fingerprint density at radius 3 is 1.80 bits per heavy atom. The van der Waals surface area contributed by atoms with Gasteiger partial charge in [-0.25, -0.2) is 4.79 Å². The van der Waals surface area contributed by atoms with Gasteiger partial charge in [0.2, 0.25) is 0 Å². The van der Waals surface area contributed by atoms with Crippen LogP contribution in [0.1, 0.15) is 25.7 Å². The molecule has 0 spiro atoms. The van der Waals surface area contributed by atoms with E-state index in [1.807, 2.05) is 0 Å². The van der Waals surface area contributed by atoms with Crippen LogP contribution >= 0.6 is 0 Å². The first-order valence-corrected chi connectivity index (χ1v) is 3.13. The van der Waals surface area contributed by atoms with Crippen LogP contribution in [0.25, 0.3) is 0 Å². The number of carbonyl (C=O) groups excluding carboxylic acids is 1. The topological polar surface area (TPSA) is 80.4 Å². The highest BCUT2D eigenvalue weighted by molar-refractivity contribution is 5.80. The highest BCUT2D eigenvalue weighted by atomic mass is 16.4. The number of rotatable bonds is 0. The fourth-order valence-corrected chi connectivity index (χ4v) is 0.769. The highest BCUT2D eigenvalue weighted by Gasteiger charge is 2.07. The molecule has 4 nitrogen and oxygen atoms in total. The second-order valence-electron chi connectivity index (χ2n) is 2.08. The molecule has 0 saturated heterocycles. The number of ketones is 1. The molecule has 58 valence electrons. The Balaban J connectivity index is 0.000000180. The summed E-state index contributed by atoms with van der Waals surface area (Å²) in [7, 11) is 0. The predicted molar refractivity (Wildman–Crippen MR) is 35.7 cm³/mol. The van der Waals surface area contributed by atoms with E-state index >= 15 is 0 Å². The molecule has 0 aromatic carbocycles. The van der Waals surface area contributed by atoms with E-state index in [0.29, 0.717) is 5.78 Å². The minimum absolute atomic E-state index is 0.454. The zero-order chi connectivity index (χ0) is 7.98. The maximum Gasteiger partial charge on any atom is 0.402 e. The fourth-order valence-electron chi connectivity index (χ4n) is 0.769. The summed E-state index contributed by atoms with van der Waals surface area (Å²) >= 11 is 0.